The molecular weight excluding hydrogens is 340 g/mol. The highest BCUT2D eigenvalue weighted by molar-refractivity contribution is 5.77. The van der Waals surface area contributed by atoms with Crippen molar-refractivity contribution in [2.45, 2.75) is 71.1 Å². The Morgan fingerprint density at radius 2 is 1.89 bits per heavy atom. The van der Waals surface area contributed by atoms with Crippen LogP contribution in [-0.4, -0.2) is 34.3 Å². The van der Waals surface area contributed by atoms with E-state index in [9.17, 15) is 9.90 Å². The van der Waals surface area contributed by atoms with Crippen molar-refractivity contribution in [2.24, 2.45) is 11.8 Å². The van der Waals surface area contributed by atoms with Gasteiger partial charge in [-0.3, -0.25) is 4.90 Å². The summed E-state index contributed by atoms with van der Waals surface area (Å²) in [5.41, 5.74) is 10.4. The summed E-state index contributed by atoms with van der Waals surface area (Å²) < 4.78 is 5.91. The van der Waals surface area contributed by atoms with Crippen LogP contribution in [0.1, 0.15) is 57.1 Å². The van der Waals surface area contributed by atoms with Crippen LogP contribution < -0.4 is 10.5 Å². The van der Waals surface area contributed by atoms with Crippen LogP contribution in [0.4, 0.5) is 10.5 Å². The lowest BCUT2D eigenvalue weighted by Crippen LogP contribution is -2.50. The van der Waals surface area contributed by atoms with Crippen molar-refractivity contribution >= 4 is 17.4 Å². The minimum absolute atomic E-state index is 0.00303. The maximum Gasteiger partial charge on any atom is 0.408 e. The molecule has 5 heteroatoms. The van der Waals surface area contributed by atoms with Gasteiger partial charge in [0, 0.05) is 6.04 Å². The summed E-state index contributed by atoms with van der Waals surface area (Å²) in [7, 11) is 0. The van der Waals surface area contributed by atoms with Crippen molar-refractivity contribution in [3.05, 3.63) is 29.3 Å². The van der Waals surface area contributed by atoms with Crippen molar-refractivity contribution in [1.29, 1.82) is 0 Å². The first-order chi connectivity index (χ1) is 12.8. The zero-order chi connectivity index (χ0) is 19.3. The molecule has 4 rings (SSSR count). The van der Waals surface area contributed by atoms with Gasteiger partial charge in [0.15, 0.2) is 0 Å². The predicted octanol–water partition coefficient (Wildman–Crippen LogP) is 4.69. The van der Waals surface area contributed by atoms with Gasteiger partial charge >= 0.3 is 6.09 Å². The molecule has 0 spiro atoms. The molecule has 3 N–H and O–H groups in total. The molecule has 0 saturated heterocycles. The molecule has 27 heavy (non-hydrogen) atoms. The average molecular weight is 370 g/mol. The summed E-state index contributed by atoms with van der Waals surface area (Å²) in [6, 6.07) is 4.14. The zero-order valence-electron chi connectivity index (χ0n) is 16.4. The second-order valence-corrected chi connectivity index (χ2v) is 8.69. The van der Waals surface area contributed by atoms with E-state index in [0.29, 0.717) is 17.5 Å². The first-order valence-electron chi connectivity index (χ1n) is 10.1. The monoisotopic (exact) mass is 370 g/mol. The number of rotatable bonds is 5. The van der Waals surface area contributed by atoms with Gasteiger partial charge in [0.2, 0.25) is 0 Å². The van der Waals surface area contributed by atoms with Crippen molar-refractivity contribution in [2.75, 3.05) is 5.73 Å². The molecule has 0 bridgehead atoms. The van der Waals surface area contributed by atoms with Gasteiger partial charge in [-0.1, -0.05) is 6.08 Å². The van der Waals surface area contributed by atoms with Gasteiger partial charge in [0.25, 0.3) is 0 Å². The number of carbonyl (C=O) groups is 1. The summed E-state index contributed by atoms with van der Waals surface area (Å²) in [5.74, 6) is 1.70. The maximum atomic E-state index is 12.0. The first-order valence-corrected chi connectivity index (χ1v) is 10.1. The Morgan fingerprint density at radius 1 is 1.22 bits per heavy atom. The highest BCUT2D eigenvalue weighted by Gasteiger charge is 2.47. The van der Waals surface area contributed by atoms with Gasteiger partial charge in [-0.25, -0.2) is 4.79 Å². The third-order valence-electron chi connectivity index (χ3n) is 6.04. The number of hydrogen-bond acceptors (Lipinski definition) is 3. The standard InChI is InChI=1S/C22H30N2O3/c1-12(2)27-21-11-17(13(3)8-18(21)23)16-9-19(14-4-5-14)24(22(25)26)20(10-16)15-6-7-15/h8-9,11-12,14-15,19-20H,4-7,10,23H2,1-3H3,(H,25,26)/t19-,20+/m0/s1. The quantitative estimate of drug-likeness (QED) is 0.737. The van der Waals surface area contributed by atoms with Gasteiger partial charge in [-0.15, -0.1) is 0 Å². The van der Waals surface area contributed by atoms with Crippen molar-refractivity contribution in [1.82, 2.24) is 4.90 Å². The molecule has 5 nitrogen and oxygen atoms in total. The first kappa shape index (κ1) is 18.2. The van der Waals surface area contributed by atoms with Crippen LogP contribution in [0.2, 0.25) is 0 Å². The van der Waals surface area contributed by atoms with Gasteiger partial charge in [-0.2, -0.15) is 0 Å². The molecule has 0 aromatic heterocycles. The Labute approximate surface area is 161 Å². The summed E-state index contributed by atoms with van der Waals surface area (Å²) in [6.07, 6.45) is 6.81. The molecule has 1 aromatic rings. The summed E-state index contributed by atoms with van der Waals surface area (Å²) in [4.78, 5) is 13.8. The van der Waals surface area contributed by atoms with E-state index in [0.717, 1.165) is 49.0 Å². The lowest BCUT2D eigenvalue weighted by molar-refractivity contribution is 0.0937. The van der Waals surface area contributed by atoms with Crippen molar-refractivity contribution < 1.29 is 14.6 Å². The molecule has 1 aromatic carbocycles. The minimum Gasteiger partial charge on any atom is -0.489 e. The highest BCUT2D eigenvalue weighted by atomic mass is 16.5. The number of nitrogens with zero attached hydrogens (tertiary/aromatic N) is 1. The lowest BCUT2D eigenvalue weighted by atomic mass is 9.85. The second kappa shape index (κ2) is 6.77. The number of amides is 1. The molecule has 0 radical (unpaired) electrons. The Bertz CT molecular complexity index is 778. The van der Waals surface area contributed by atoms with Crippen LogP contribution in [0.25, 0.3) is 5.57 Å². The number of benzene rings is 1. The number of ether oxygens (including phenoxy) is 1. The molecule has 2 saturated carbocycles. The smallest absolute Gasteiger partial charge is 0.408 e. The predicted molar refractivity (Wildman–Crippen MR) is 107 cm³/mol. The molecule has 2 atom stereocenters. The SMILES string of the molecule is Cc1cc(N)c(OC(C)C)cc1C1=C[C@@H](C2CC2)N(C(=O)O)[C@@H](C2CC2)C1. The number of anilines is 1. The van der Waals surface area contributed by atoms with E-state index in [1.54, 1.807) is 4.90 Å². The molecule has 1 amide bonds. The van der Waals surface area contributed by atoms with Crippen LogP contribution >= 0.6 is 0 Å². The Balaban J connectivity index is 1.74. The van der Waals surface area contributed by atoms with Gasteiger partial charge in [0.1, 0.15) is 5.75 Å². The molecule has 2 fully saturated rings. The van der Waals surface area contributed by atoms with Crippen LogP contribution in [0.15, 0.2) is 18.2 Å². The maximum absolute atomic E-state index is 12.0. The third kappa shape index (κ3) is 3.64. The fourth-order valence-electron chi connectivity index (χ4n) is 4.46. The number of nitrogens with two attached hydrogens (primary N) is 1. The van der Waals surface area contributed by atoms with Crippen LogP contribution in [0, 0.1) is 18.8 Å². The van der Waals surface area contributed by atoms with E-state index >= 15 is 0 Å². The van der Waals surface area contributed by atoms with Gasteiger partial charge < -0.3 is 15.6 Å². The van der Waals surface area contributed by atoms with E-state index in [1.807, 2.05) is 19.9 Å². The third-order valence-corrected chi connectivity index (χ3v) is 6.04. The Hall–Kier alpha value is -2.17. The molecule has 1 aliphatic heterocycles. The van der Waals surface area contributed by atoms with E-state index < -0.39 is 6.09 Å². The molecular formula is C22H30N2O3. The lowest BCUT2D eigenvalue weighted by Gasteiger charge is -2.40. The topological polar surface area (TPSA) is 75.8 Å². The normalized spacial score (nSPS) is 25.5. The zero-order valence-corrected chi connectivity index (χ0v) is 16.4. The van der Waals surface area contributed by atoms with Crippen LogP contribution in [0.3, 0.4) is 0 Å². The van der Waals surface area contributed by atoms with Crippen LogP contribution in [-0.2, 0) is 0 Å². The fourth-order valence-corrected chi connectivity index (χ4v) is 4.46. The Kier molecular flexibility index (Phi) is 4.57. The molecule has 0 unspecified atom stereocenters. The second-order valence-electron chi connectivity index (χ2n) is 8.69. The molecule has 3 aliphatic rings. The van der Waals surface area contributed by atoms with Crippen molar-refractivity contribution in [3.63, 3.8) is 0 Å². The fraction of sp³-hybridized carbons (Fsp3) is 0.591. The summed E-state index contributed by atoms with van der Waals surface area (Å²) in [5, 5.41) is 9.88. The molecule has 2 aliphatic carbocycles. The number of hydrogen-bond donors (Lipinski definition) is 2. The summed E-state index contributed by atoms with van der Waals surface area (Å²) in [6.45, 7) is 6.07. The number of nitrogen functional groups attached to an aromatic ring is 1. The molecule has 146 valence electrons. The van der Waals surface area contributed by atoms with E-state index in [2.05, 4.69) is 19.1 Å². The van der Waals surface area contributed by atoms with E-state index in [-0.39, 0.29) is 18.2 Å². The van der Waals surface area contributed by atoms with E-state index in [1.165, 1.54) is 5.57 Å². The highest BCUT2D eigenvalue weighted by Crippen LogP contribution is 2.48. The van der Waals surface area contributed by atoms with Gasteiger partial charge in [-0.05, 0) is 93.5 Å². The molecule has 1 heterocycles. The largest absolute Gasteiger partial charge is 0.489 e. The van der Waals surface area contributed by atoms with E-state index in [4.69, 9.17) is 10.5 Å². The Morgan fingerprint density at radius 3 is 2.44 bits per heavy atom. The minimum atomic E-state index is -0.767. The van der Waals surface area contributed by atoms with Crippen LogP contribution in [0.5, 0.6) is 5.75 Å². The summed E-state index contributed by atoms with van der Waals surface area (Å²) >= 11 is 0. The average Bonchev–Trinajstić information content (AvgIpc) is 3.47. The van der Waals surface area contributed by atoms with Crippen molar-refractivity contribution in [3.8, 4) is 5.75 Å². The van der Waals surface area contributed by atoms with Gasteiger partial charge in [0.05, 0.1) is 17.8 Å². The number of aryl methyl sites for hydroxylation is 1. The number of carboxylic acid groups (broad SMARTS) is 1.